The van der Waals surface area contributed by atoms with Gasteiger partial charge in [0.15, 0.2) is 5.78 Å². The van der Waals surface area contributed by atoms with Crippen LogP contribution in [0.15, 0.2) is 24.3 Å². The Morgan fingerprint density at radius 3 is 2.71 bits per heavy atom. The molecule has 1 aliphatic rings. The van der Waals surface area contributed by atoms with Gasteiger partial charge in [-0.25, -0.2) is 0 Å². The lowest BCUT2D eigenvalue weighted by molar-refractivity contribution is 0.101. The number of carbonyl (C=O) groups excluding carboxylic acids is 1. The Morgan fingerprint density at radius 2 is 2.06 bits per heavy atom. The van der Waals surface area contributed by atoms with Crippen LogP contribution in [0.1, 0.15) is 55.6 Å². The quantitative estimate of drug-likeness (QED) is 0.791. The topological polar surface area (TPSA) is 29.1 Å². The van der Waals surface area contributed by atoms with E-state index in [4.69, 9.17) is 0 Å². The first-order valence-electron chi connectivity index (χ1n) is 6.43. The average Bonchev–Trinajstić information content (AvgIpc) is 2.28. The zero-order chi connectivity index (χ0) is 12.4. The number of benzene rings is 1. The molecule has 0 bridgehead atoms. The van der Waals surface area contributed by atoms with Crippen LogP contribution in [0.2, 0.25) is 0 Å². The smallest absolute Gasteiger partial charge is 0.159 e. The maximum Gasteiger partial charge on any atom is 0.159 e. The van der Waals surface area contributed by atoms with Crippen molar-refractivity contribution in [3.63, 3.8) is 0 Å². The van der Waals surface area contributed by atoms with E-state index in [0.29, 0.717) is 12.1 Å². The highest BCUT2D eigenvalue weighted by molar-refractivity contribution is 5.94. The third-order valence-electron chi connectivity index (χ3n) is 3.58. The zero-order valence-corrected chi connectivity index (χ0v) is 10.9. The van der Waals surface area contributed by atoms with Gasteiger partial charge in [0.2, 0.25) is 0 Å². The largest absolute Gasteiger partial charge is 0.307 e. The summed E-state index contributed by atoms with van der Waals surface area (Å²) in [4.78, 5) is 11.4. The molecule has 1 heterocycles. The van der Waals surface area contributed by atoms with Gasteiger partial charge >= 0.3 is 0 Å². The number of nitrogens with one attached hydrogen (secondary N) is 1. The molecule has 2 nitrogen and oxygen atoms in total. The lowest BCUT2D eigenvalue weighted by Gasteiger charge is -2.33. The van der Waals surface area contributed by atoms with Gasteiger partial charge in [0.05, 0.1) is 0 Å². The van der Waals surface area contributed by atoms with Crippen LogP contribution in [-0.4, -0.2) is 11.8 Å². The van der Waals surface area contributed by atoms with E-state index in [0.717, 1.165) is 17.9 Å². The second-order valence-corrected chi connectivity index (χ2v) is 5.38. The maximum atomic E-state index is 11.4. The predicted molar refractivity (Wildman–Crippen MR) is 70.2 cm³/mol. The molecule has 0 saturated carbocycles. The van der Waals surface area contributed by atoms with E-state index in [1.165, 1.54) is 12.0 Å². The Balaban J connectivity index is 2.21. The van der Waals surface area contributed by atoms with Crippen molar-refractivity contribution in [3.8, 4) is 0 Å². The van der Waals surface area contributed by atoms with Gasteiger partial charge in [-0.1, -0.05) is 25.1 Å². The molecule has 1 N–H and O–H groups in total. The summed E-state index contributed by atoms with van der Waals surface area (Å²) >= 11 is 0. The summed E-state index contributed by atoms with van der Waals surface area (Å²) in [5.74, 6) is 0.890. The molecule has 1 saturated heterocycles. The molecule has 1 aliphatic heterocycles. The molecule has 1 aromatic rings. The van der Waals surface area contributed by atoms with E-state index >= 15 is 0 Å². The molecular weight excluding hydrogens is 210 g/mol. The number of ketones is 1. The highest BCUT2D eigenvalue weighted by atomic mass is 16.1. The molecule has 2 rings (SSSR count). The van der Waals surface area contributed by atoms with Crippen LogP contribution in [0.4, 0.5) is 0 Å². The van der Waals surface area contributed by atoms with Crippen LogP contribution < -0.4 is 5.32 Å². The standard InChI is InChI=1S/C15H21NO/c1-10-7-11(2)16-15(8-10)14-6-4-5-13(9-14)12(3)17/h4-6,9-11,15-16H,7-8H2,1-3H3. The first-order valence-corrected chi connectivity index (χ1v) is 6.43. The summed E-state index contributed by atoms with van der Waals surface area (Å²) < 4.78 is 0. The Bertz CT molecular complexity index is 403. The summed E-state index contributed by atoms with van der Waals surface area (Å²) in [6.07, 6.45) is 2.40. The normalized spacial score (nSPS) is 29.0. The van der Waals surface area contributed by atoms with Gasteiger partial charge < -0.3 is 5.32 Å². The average molecular weight is 231 g/mol. The molecular formula is C15H21NO. The van der Waals surface area contributed by atoms with E-state index in [-0.39, 0.29) is 5.78 Å². The third-order valence-corrected chi connectivity index (χ3v) is 3.58. The van der Waals surface area contributed by atoms with Crippen LogP contribution in [0.25, 0.3) is 0 Å². The Labute approximate surface area is 103 Å². The SMILES string of the molecule is CC(=O)c1cccc(C2CC(C)CC(C)N2)c1. The molecule has 3 atom stereocenters. The highest BCUT2D eigenvalue weighted by Gasteiger charge is 2.24. The van der Waals surface area contributed by atoms with Crippen molar-refractivity contribution in [1.82, 2.24) is 5.32 Å². The Hall–Kier alpha value is -1.15. The third kappa shape index (κ3) is 2.95. The molecule has 17 heavy (non-hydrogen) atoms. The van der Waals surface area contributed by atoms with Gasteiger partial charge in [0.25, 0.3) is 0 Å². The van der Waals surface area contributed by atoms with E-state index in [2.05, 4.69) is 25.2 Å². The lowest BCUT2D eigenvalue weighted by atomic mass is 9.86. The number of rotatable bonds is 2. The molecule has 2 heteroatoms. The van der Waals surface area contributed by atoms with E-state index in [9.17, 15) is 4.79 Å². The highest BCUT2D eigenvalue weighted by Crippen LogP contribution is 2.29. The van der Waals surface area contributed by atoms with Crippen molar-refractivity contribution < 1.29 is 4.79 Å². The van der Waals surface area contributed by atoms with Crippen molar-refractivity contribution in [1.29, 1.82) is 0 Å². The van der Waals surface area contributed by atoms with Crippen LogP contribution in [0, 0.1) is 5.92 Å². The molecule has 0 spiro atoms. The fourth-order valence-electron chi connectivity index (χ4n) is 2.79. The van der Waals surface area contributed by atoms with Crippen molar-refractivity contribution in [3.05, 3.63) is 35.4 Å². The summed E-state index contributed by atoms with van der Waals surface area (Å²) in [5.41, 5.74) is 2.06. The van der Waals surface area contributed by atoms with Crippen LogP contribution >= 0.6 is 0 Å². The van der Waals surface area contributed by atoms with Crippen LogP contribution in [0.3, 0.4) is 0 Å². The first-order chi connectivity index (χ1) is 8.06. The van der Waals surface area contributed by atoms with Gasteiger partial charge in [-0.05, 0) is 44.2 Å². The predicted octanol–water partition coefficient (Wildman–Crippen LogP) is 3.34. The van der Waals surface area contributed by atoms with Crippen molar-refractivity contribution in [2.24, 2.45) is 5.92 Å². The molecule has 0 radical (unpaired) electrons. The maximum absolute atomic E-state index is 11.4. The van der Waals surface area contributed by atoms with Gasteiger partial charge in [0.1, 0.15) is 0 Å². The summed E-state index contributed by atoms with van der Waals surface area (Å²) in [5, 5.41) is 3.62. The molecule has 0 aliphatic carbocycles. The minimum absolute atomic E-state index is 0.142. The number of hydrogen-bond donors (Lipinski definition) is 1. The van der Waals surface area contributed by atoms with Crippen LogP contribution in [-0.2, 0) is 0 Å². The van der Waals surface area contributed by atoms with Crippen LogP contribution in [0.5, 0.6) is 0 Å². The Kier molecular flexibility index (Phi) is 3.63. The van der Waals surface area contributed by atoms with E-state index < -0.39 is 0 Å². The Morgan fingerprint density at radius 1 is 1.29 bits per heavy atom. The minimum atomic E-state index is 0.142. The van der Waals surface area contributed by atoms with E-state index in [1.807, 2.05) is 18.2 Å². The summed E-state index contributed by atoms with van der Waals surface area (Å²) in [6.45, 7) is 6.16. The number of Topliss-reactive ketones (excluding diaryl/α,β-unsaturated/α-hetero) is 1. The monoisotopic (exact) mass is 231 g/mol. The summed E-state index contributed by atoms with van der Waals surface area (Å²) in [7, 11) is 0. The lowest BCUT2D eigenvalue weighted by Crippen LogP contribution is -2.37. The molecule has 3 unspecified atom stereocenters. The second-order valence-electron chi connectivity index (χ2n) is 5.38. The van der Waals surface area contributed by atoms with Crippen molar-refractivity contribution >= 4 is 5.78 Å². The van der Waals surface area contributed by atoms with Gasteiger partial charge in [-0.3, -0.25) is 4.79 Å². The number of carbonyl (C=O) groups is 1. The second kappa shape index (κ2) is 5.01. The fraction of sp³-hybridized carbons (Fsp3) is 0.533. The fourth-order valence-corrected chi connectivity index (χ4v) is 2.79. The number of hydrogen-bond acceptors (Lipinski definition) is 2. The summed E-state index contributed by atoms with van der Waals surface area (Å²) in [6, 6.07) is 8.98. The molecule has 1 aromatic carbocycles. The van der Waals surface area contributed by atoms with E-state index in [1.54, 1.807) is 6.92 Å². The van der Waals surface area contributed by atoms with Gasteiger partial charge in [-0.2, -0.15) is 0 Å². The first kappa shape index (κ1) is 12.3. The molecule has 0 aromatic heterocycles. The molecule has 1 fully saturated rings. The zero-order valence-electron chi connectivity index (χ0n) is 10.9. The molecule has 0 amide bonds. The van der Waals surface area contributed by atoms with Crippen molar-refractivity contribution in [2.75, 3.05) is 0 Å². The van der Waals surface area contributed by atoms with Gasteiger partial charge in [0, 0.05) is 17.6 Å². The molecule has 92 valence electrons. The number of piperidine rings is 1. The van der Waals surface area contributed by atoms with Gasteiger partial charge in [-0.15, -0.1) is 0 Å². The van der Waals surface area contributed by atoms with Crippen molar-refractivity contribution in [2.45, 2.75) is 45.7 Å². The minimum Gasteiger partial charge on any atom is -0.307 e.